The number of hydrogen-bond donors (Lipinski definition) is 1. The maximum absolute atomic E-state index is 13.2. The summed E-state index contributed by atoms with van der Waals surface area (Å²) in [5.74, 6) is 0.851. The van der Waals surface area contributed by atoms with Gasteiger partial charge >= 0.3 is 0 Å². The summed E-state index contributed by atoms with van der Waals surface area (Å²) in [6, 6.07) is 13.4. The Morgan fingerprint density at radius 2 is 1.73 bits per heavy atom. The van der Waals surface area contributed by atoms with Gasteiger partial charge in [0.25, 0.3) is 5.56 Å². The van der Waals surface area contributed by atoms with Crippen molar-refractivity contribution in [2.75, 3.05) is 5.32 Å². The van der Waals surface area contributed by atoms with E-state index in [4.69, 9.17) is 0 Å². The van der Waals surface area contributed by atoms with Crippen LogP contribution in [0, 0.1) is 19.8 Å². The normalized spacial score (nSPS) is 12.5. The molecule has 2 aromatic carbocycles. The topological polar surface area (TPSA) is 81.3 Å². The third kappa shape index (κ3) is 4.53. The maximum atomic E-state index is 13.2. The summed E-state index contributed by atoms with van der Waals surface area (Å²) in [4.78, 5) is 26.2. The number of rotatable bonds is 7. The minimum absolute atomic E-state index is 0.0662. The lowest BCUT2D eigenvalue weighted by Gasteiger charge is -2.15. The van der Waals surface area contributed by atoms with E-state index in [2.05, 4.69) is 29.4 Å². The first-order chi connectivity index (χ1) is 15.8. The van der Waals surface area contributed by atoms with Gasteiger partial charge in [0.05, 0.1) is 16.2 Å². The molecule has 2 heterocycles. The number of hydrogen-bond acceptors (Lipinski definition) is 5. The van der Waals surface area contributed by atoms with Gasteiger partial charge in [0.15, 0.2) is 5.16 Å². The molecule has 172 valence electrons. The number of carbonyl (C=O) groups is 1. The van der Waals surface area contributed by atoms with Crippen molar-refractivity contribution in [1.82, 2.24) is 19.2 Å². The number of amides is 1. The van der Waals surface area contributed by atoms with Crippen LogP contribution in [0.5, 0.6) is 0 Å². The van der Waals surface area contributed by atoms with Crippen LogP contribution in [-0.4, -0.2) is 30.3 Å². The molecule has 0 spiro atoms. The second-order valence-corrected chi connectivity index (χ2v) is 10.1. The third-order valence-electron chi connectivity index (χ3n) is 5.79. The lowest BCUT2D eigenvalue weighted by atomic mass is 10.1. The van der Waals surface area contributed by atoms with E-state index in [0.717, 1.165) is 28.8 Å². The average Bonchev–Trinajstić information content (AvgIpc) is 3.19. The van der Waals surface area contributed by atoms with Crippen molar-refractivity contribution in [3.8, 4) is 0 Å². The highest BCUT2D eigenvalue weighted by molar-refractivity contribution is 8.00. The van der Waals surface area contributed by atoms with Gasteiger partial charge in [-0.15, -0.1) is 10.2 Å². The molecule has 0 aliphatic carbocycles. The quantitative estimate of drug-likeness (QED) is 0.397. The highest BCUT2D eigenvalue weighted by Crippen LogP contribution is 2.27. The first-order valence-corrected chi connectivity index (χ1v) is 12.1. The Morgan fingerprint density at radius 1 is 1.03 bits per heavy atom. The molecule has 1 atom stereocenters. The Hall–Kier alpha value is -3.13. The second kappa shape index (κ2) is 9.39. The van der Waals surface area contributed by atoms with Gasteiger partial charge in [-0.25, -0.2) is 0 Å². The molecule has 1 unspecified atom stereocenters. The van der Waals surface area contributed by atoms with Crippen LogP contribution >= 0.6 is 11.8 Å². The van der Waals surface area contributed by atoms with Crippen LogP contribution in [0.15, 0.2) is 52.4 Å². The van der Waals surface area contributed by atoms with Crippen LogP contribution in [0.25, 0.3) is 16.7 Å². The molecule has 33 heavy (non-hydrogen) atoms. The SMILES string of the molecule is Cc1cccc(C)c1NC(=O)C(C)Sc1nnc2n(CCC(C)C)c(=O)c3ccccc3n12. The molecule has 1 N–H and O–H groups in total. The first-order valence-electron chi connectivity index (χ1n) is 11.2. The summed E-state index contributed by atoms with van der Waals surface area (Å²) < 4.78 is 3.59. The van der Waals surface area contributed by atoms with Crippen LogP contribution in [0.2, 0.25) is 0 Å². The van der Waals surface area contributed by atoms with E-state index >= 15 is 0 Å². The molecule has 2 aromatic heterocycles. The van der Waals surface area contributed by atoms with E-state index in [9.17, 15) is 9.59 Å². The zero-order chi connectivity index (χ0) is 23.7. The molecule has 0 aliphatic rings. The molecule has 0 fully saturated rings. The molecule has 0 saturated carbocycles. The fraction of sp³-hybridized carbons (Fsp3) is 0.360. The van der Waals surface area contributed by atoms with Crippen molar-refractivity contribution in [3.63, 3.8) is 0 Å². The number of anilines is 1. The Balaban J connectivity index is 1.71. The zero-order valence-corrected chi connectivity index (χ0v) is 20.4. The first kappa shape index (κ1) is 23.0. The zero-order valence-electron chi connectivity index (χ0n) is 19.6. The van der Waals surface area contributed by atoms with Gasteiger partial charge in [0, 0.05) is 12.2 Å². The Kier molecular flexibility index (Phi) is 6.56. The molecular formula is C25H29N5O2S. The minimum atomic E-state index is -0.411. The van der Waals surface area contributed by atoms with Crippen LogP contribution in [0.1, 0.15) is 38.3 Å². The maximum Gasteiger partial charge on any atom is 0.262 e. The van der Waals surface area contributed by atoms with E-state index in [-0.39, 0.29) is 11.5 Å². The predicted octanol–water partition coefficient (Wildman–Crippen LogP) is 4.83. The van der Waals surface area contributed by atoms with Crippen molar-refractivity contribution in [2.24, 2.45) is 5.92 Å². The number of aryl methyl sites for hydroxylation is 3. The van der Waals surface area contributed by atoms with Crippen molar-refractivity contribution >= 4 is 40.0 Å². The lowest BCUT2D eigenvalue weighted by molar-refractivity contribution is -0.115. The smallest absolute Gasteiger partial charge is 0.262 e. The van der Waals surface area contributed by atoms with Gasteiger partial charge in [0.2, 0.25) is 11.7 Å². The fourth-order valence-electron chi connectivity index (χ4n) is 3.85. The highest BCUT2D eigenvalue weighted by atomic mass is 32.2. The standard InChI is InChI=1S/C25H29N5O2S/c1-15(2)13-14-29-23(32)19-11-6-7-12-20(19)30-24(29)27-28-25(30)33-18(5)22(31)26-21-16(3)9-8-10-17(21)4/h6-12,15,18H,13-14H2,1-5H3,(H,26,31). The molecule has 4 rings (SSSR count). The van der Waals surface area contributed by atoms with E-state index in [1.807, 2.05) is 67.6 Å². The van der Waals surface area contributed by atoms with Gasteiger partial charge in [0.1, 0.15) is 0 Å². The van der Waals surface area contributed by atoms with E-state index in [1.165, 1.54) is 11.8 Å². The van der Waals surface area contributed by atoms with Gasteiger partial charge < -0.3 is 5.32 Å². The van der Waals surface area contributed by atoms with Gasteiger partial charge in [-0.05, 0) is 56.4 Å². The number of benzene rings is 2. The summed E-state index contributed by atoms with van der Waals surface area (Å²) in [7, 11) is 0. The number of carbonyl (C=O) groups excluding carboxylic acids is 1. The highest BCUT2D eigenvalue weighted by Gasteiger charge is 2.22. The van der Waals surface area contributed by atoms with Gasteiger partial charge in [-0.2, -0.15) is 0 Å². The van der Waals surface area contributed by atoms with Crippen LogP contribution in [0.4, 0.5) is 5.69 Å². The number of aromatic nitrogens is 4. The molecule has 4 aromatic rings. The van der Waals surface area contributed by atoms with Gasteiger partial charge in [-0.1, -0.05) is 55.9 Å². The Labute approximate surface area is 197 Å². The molecular weight excluding hydrogens is 434 g/mol. The summed E-state index contributed by atoms with van der Waals surface area (Å²) >= 11 is 1.33. The number of fused-ring (bicyclic) bond motifs is 3. The average molecular weight is 464 g/mol. The van der Waals surface area contributed by atoms with Crippen molar-refractivity contribution in [3.05, 3.63) is 63.9 Å². The lowest BCUT2D eigenvalue weighted by Crippen LogP contribution is -2.25. The monoisotopic (exact) mass is 463 g/mol. The molecule has 0 radical (unpaired) electrons. The number of nitrogens with zero attached hydrogens (tertiary/aromatic N) is 4. The fourth-order valence-corrected chi connectivity index (χ4v) is 4.70. The molecule has 1 amide bonds. The second-order valence-electron chi connectivity index (χ2n) is 8.79. The predicted molar refractivity (Wildman–Crippen MR) is 134 cm³/mol. The van der Waals surface area contributed by atoms with E-state index < -0.39 is 5.25 Å². The number of thioether (sulfide) groups is 1. The molecule has 0 saturated heterocycles. The Bertz CT molecular complexity index is 1370. The number of nitrogens with one attached hydrogen (secondary N) is 1. The largest absolute Gasteiger partial charge is 0.325 e. The molecule has 0 aliphatic heterocycles. The van der Waals surface area contributed by atoms with Crippen molar-refractivity contribution in [2.45, 2.75) is 58.0 Å². The van der Waals surface area contributed by atoms with Crippen molar-refractivity contribution in [1.29, 1.82) is 0 Å². The molecule has 7 nitrogen and oxygen atoms in total. The van der Waals surface area contributed by atoms with E-state index in [0.29, 0.717) is 28.8 Å². The van der Waals surface area contributed by atoms with Gasteiger partial charge in [-0.3, -0.25) is 18.6 Å². The third-order valence-corrected chi connectivity index (χ3v) is 6.83. The van der Waals surface area contributed by atoms with E-state index in [1.54, 1.807) is 4.57 Å². The summed E-state index contributed by atoms with van der Waals surface area (Å²) in [6.45, 7) is 10.6. The number of para-hydroxylation sites is 2. The van der Waals surface area contributed by atoms with Crippen molar-refractivity contribution < 1.29 is 4.79 Å². The minimum Gasteiger partial charge on any atom is -0.325 e. The summed E-state index contributed by atoms with van der Waals surface area (Å²) in [6.07, 6.45) is 0.859. The summed E-state index contributed by atoms with van der Waals surface area (Å²) in [5.41, 5.74) is 3.56. The van der Waals surface area contributed by atoms with Crippen LogP contribution in [0.3, 0.4) is 0 Å². The molecule has 0 bridgehead atoms. The summed E-state index contributed by atoms with van der Waals surface area (Å²) in [5, 5.41) is 12.6. The van der Waals surface area contributed by atoms with Crippen LogP contribution < -0.4 is 10.9 Å². The molecule has 8 heteroatoms. The Morgan fingerprint density at radius 3 is 2.42 bits per heavy atom. The van der Waals surface area contributed by atoms with Crippen LogP contribution in [-0.2, 0) is 11.3 Å².